The van der Waals surface area contributed by atoms with Crippen molar-refractivity contribution in [3.05, 3.63) is 58.6 Å². The number of aryl methyl sites for hydroxylation is 1. The van der Waals surface area contributed by atoms with E-state index in [1.165, 1.54) is 23.9 Å². The van der Waals surface area contributed by atoms with Crippen molar-refractivity contribution in [2.75, 3.05) is 6.61 Å². The Balaban J connectivity index is 1.92. The highest BCUT2D eigenvalue weighted by atomic mass is 35.5. The SMILES string of the molecule is CC(N)(CCCc1ccc(Sc2cccc(C(F)F)c2)cc1Cl)COP(=O)(O)O. The predicted octanol–water partition coefficient (Wildman–Crippen LogP) is 5.58. The molecule has 0 aromatic heterocycles. The first-order valence-corrected chi connectivity index (χ1v) is 11.5. The van der Waals surface area contributed by atoms with Gasteiger partial charge in [-0.1, -0.05) is 41.6 Å². The summed E-state index contributed by atoms with van der Waals surface area (Å²) >= 11 is 7.71. The molecule has 29 heavy (non-hydrogen) atoms. The molecule has 5 nitrogen and oxygen atoms in total. The Kier molecular flexibility index (Phi) is 8.67. The summed E-state index contributed by atoms with van der Waals surface area (Å²) in [4.78, 5) is 19.1. The highest BCUT2D eigenvalue weighted by Gasteiger charge is 2.24. The first-order valence-electron chi connectivity index (χ1n) is 8.78. The fourth-order valence-corrected chi connectivity index (χ4v) is 4.36. The van der Waals surface area contributed by atoms with Crippen LogP contribution in [-0.4, -0.2) is 21.9 Å². The molecule has 1 atom stereocenters. The van der Waals surface area contributed by atoms with Crippen molar-refractivity contribution in [1.29, 1.82) is 0 Å². The lowest BCUT2D eigenvalue weighted by molar-refractivity contribution is 0.151. The van der Waals surface area contributed by atoms with Gasteiger partial charge in [-0.25, -0.2) is 13.3 Å². The lowest BCUT2D eigenvalue weighted by Crippen LogP contribution is -2.40. The highest BCUT2D eigenvalue weighted by Crippen LogP contribution is 2.37. The predicted molar refractivity (Wildman–Crippen MR) is 111 cm³/mol. The first kappa shape index (κ1) is 24.3. The quantitative estimate of drug-likeness (QED) is 0.397. The maximum Gasteiger partial charge on any atom is 0.469 e. The molecule has 2 rings (SSSR count). The summed E-state index contributed by atoms with van der Waals surface area (Å²) in [5, 5.41) is 0.560. The van der Waals surface area contributed by atoms with E-state index in [-0.39, 0.29) is 12.2 Å². The Labute approximate surface area is 177 Å². The maximum atomic E-state index is 12.8. The molecule has 0 spiro atoms. The third kappa shape index (κ3) is 8.72. The largest absolute Gasteiger partial charge is 0.469 e. The maximum absolute atomic E-state index is 12.8. The number of nitrogens with two attached hydrogens (primary N) is 1. The van der Waals surface area contributed by atoms with E-state index in [2.05, 4.69) is 4.52 Å². The third-order valence-corrected chi connectivity index (χ3v) is 5.92. The number of phosphoric ester groups is 1. The fraction of sp³-hybridized carbons (Fsp3) is 0.368. The van der Waals surface area contributed by atoms with Crippen LogP contribution in [0, 0.1) is 0 Å². The van der Waals surface area contributed by atoms with Crippen LogP contribution in [0.3, 0.4) is 0 Å². The molecule has 0 fully saturated rings. The minimum absolute atomic E-state index is 0.0229. The molecule has 10 heteroatoms. The van der Waals surface area contributed by atoms with Gasteiger partial charge >= 0.3 is 7.82 Å². The van der Waals surface area contributed by atoms with Crippen LogP contribution in [0.4, 0.5) is 8.78 Å². The third-order valence-electron chi connectivity index (χ3n) is 4.13. The molecule has 2 aromatic carbocycles. The smallest absolute Gasteiger partial charge is 0.323 e. The molecule has 0 aliphatic rings. The topological polar surface area (TPSA) is 92.8 Å². The number of hydrogen-bond acceptors (Lipinski definition) is 4. The highest BCUT2D eigenvalue weighted by molar-refractivity contribution is 7.99. The Hall–Kier alpha value is -0.990. The van der Waals surface area contributed by atoms with E-state index >= 15 is 0 Å². The molecule has 0 amide bonds. The summed E-state index contributed by atoms with van der Waals surface area (Å²) in [5.74, 6) is 0. The van der Waals surface area contributed by atoms with Gasteiger partial charge in [-0.3, -0.25) is 4.52 Å². The van der Waals surface area contributed by atoms with Crippen molar-refractivity contribution in [2.24, 2.45) is 5.73 Å². The lowest BCUT2D eigenvalue weighted by atomic mass is 9.95. The molecule has 0 saturated carbocycles. The van der Waals surface area contributed by atoms with E-state index in [1.807, 2.05) is 12.1 Å². The lowest BCUT2D eigenvalue weighted by Gasteiger charge is -2.24. The van der Waals surface area contributed by atoms with Gasteiger partial charge in [-0.05, 0) is 56.0 Å². The average molecular weight is 466 g/mol. The van der Waals surface area contributed by atoms with Gasteiger partial charge in [0.1, 0.15) is 0 Å². The minimum atomic E-state index is -4.55. The van der Waals surface area contributed by atoms with Crippen LogP contribution < -0.4 is 5.73 Å². The van der Waals surface area contributed by atoms with Crippen LogP contribution >= 0.6 is 31.2 Å². The van der Waals surface area contributed by atoms with Crippen molar-refractivity contribution in [1.82, 2.24) is 0 Å². The van der Waals surface area contributed by atoms with Crippen LogP contribution in [-0.2, 0) is 15.5 Å². The molecule has 0 saturated heterocycles. The van der Waals surface area contributed by atoms with Gasteiger partial charge in [0.05, 0.1) is 6.61 Å². The van der Waals surface area contributed by atoms with Gasteiger partial charge in [0, 0.05) is 25.9 Å². The molecular formula is C19H23ClF2NO4PS. The van der Waals surface area contributed by atoms with Crippen molar-refractivity contribution >= 4 is 31.2 Å². The van der Waals surface area contributed by atoms with E-state index in [0.29, 0.717) is 29.2 Å². The van der Waals surface area contributed by atoms with Crippen LogP contribution in [0.1, 0.15) is 37.3 Å². The molecule has 160 valence electrons. The zero-order valence-corrected chi connectivity index (χ0v) is 18.2. The van der Waals surface area contributed by atoms with E-state index in [9.17, 15) is 13.3 Å². The van der Waals surface area contributed by atoms with Gasteiger partial charge in [-0.15, -0.1) is 0 Å². The number of alkyl halides is 2. The van der Waals surface area contributed by atoms with Gasteiger partial charge in [0.2, 0.25) is 0 Å². The van der Waals surface area contributed by atoms with Crippen LogP contribution in [0.25, 0.3) is 0 Å². The number of benzene rings is 2. The van der Waals surface area contributed by atoms with Crippen molar-refractivity contribution in [3.63, 3.8) is 0 Å². The minimum Gasteiger partial charge on any atom is -0.323 e. The second-order valence-corrected chi connectivity index (χ2v) is 9.79. The Bertz CT molecular complexity index is 879. The molecule has 4 N–H and O–H groups in total. The standard InChI is InChI=1S/C19H23ClF2NO4PS/c1-19(23,12-27-28(24,25)26)9-3-5-13-7-8-16(11-17(13)20)29-15-6-2-4-14(10-15)18(21)22/h2,4,6-8,10-11,18H,3,5,9,12,23H2,1H3,(H2,24,25,26). The monoisotopic (exact) mass is 465 g/mol. The summed E-state index contributed by atoms with van der Waals surface area (Å²) in [6.45, 7) is 1.41. The van der Waals surface area contributed by atoms with Gasteiger partial charge in [0.25, 0.3) is 6.43 Å². The molecular weight excluding hydrogens is 443 g/mol. The molecule has 0 radical (unpaired) electrons. The number of halogens is 3. The molecule has 1 unspecified atom stereocenters. The fourth-order valence-electron chi connectivity index (χ4n) is 2.63. The van der Waals surface area contributed by atoms with Gasteiger partial charge in [-0.2, -0.15) is 0 Å². The molecule has 2 aromatic rings. The number of rotatable bonds is 10. The summed E-state index contributed by atoms with van der Waals surface area (Å²) in [6.07, 6.45) is -0.741. The summed E-state index contributed by atoms with van der Waals surface area (Å²) < 4.78 is 40.9. The zero-order chi connectivity index (χ0) is 21.7. The molecule has 0 bridgehead atoms. The van der Waals surface area contributed by atoms with Crippen molar-refractivity contribution < 1.29 is 27.7 Å². The zero-order valence-electron chi connectivity index (χ0n) is 15.7. The molecule has 0 aliphatic carbocycles. The second kappa shape index (κ2) is 10.4. The summed E-state index contributed by atoms with van der Waals surface area (Å²) in [6, 6.07) is 11.7. The van der Waals surface area contributed by atoms with E-state index in [4.69, 9.17) is 27.1 Å². The Morgan fingerprint density at radius 2 is 1.93 bits per heavy atom. The van der Waals surface area contributed by atoms with Gasteiger partial charge < -0.3 is 15.5 Å². The number of phosphoric acid groups is 1. The van der Waals surface area contributed by atoms with Crippen LogP contribution in [0.5, 0.6) is 0 Å². The van der Waals surface area contributed by atoms with E-state index in [0.717, 1.165) is 10.5 Å². The van der Waals surface area contributed by atoms with Crippen molar-refractivity contribution in [2.45, 2.75) is 47.9 Å². The van der Waals surface area contributed by atoms with Crippen LogP contribution in [0.15, 0.2) is 52.3 Å². The Morgan fingerprint density at radius 3 is 2.55 bits per heavy atom. The average Bonchev–Trinajstić information content (AvgIpc) is 2.62. The van der Waals surface area contributed by atoms with E-state index < -0.39 is 19.8 Å². The Morgan fingerprint density at radius 1 is 1.24 bits per heavy atom. The molecule has 0 aliphatic heterocycles. The number of hydrogen-bond donors (Lipinski definition) is 3. The normalized spacial score (nSPS) is 14.2. The van der Waals surface area contributed by atoms with Gasteiger partial charge in [0.15, 0.2) is 0 Å². The van der Waals surface area contributed by atoms with Crippen LogP contribution in [0.2, 0.25) is 5.02 Å². The first-order chi connectivity index (χ1) is 13.5. The van der Waals surface area contributed by atoms with Crippen molar-refractivity contribution in [3.8, 4) is 0 Å². The second-order valence-electron chi connectivity index (χ2n) is 7.00. The summed E-state index contributed by atoms with van der Waals surface area (Å²) in [5.41, 5.74) is 6.02. The molecule has 0 heterocycles. The van der Waals surface area contributed by atoms with E-state index in [1.54, 1.807) is 25.1 Å². The summed E-state index contributed by atoms with van der Waals surface area (Å²) in [7, 11) is -4.55.